The van der Waals surface area contributed by atoms with E-state index in [4.69, 9.17) is 0 Å². The molecule has 0 bridgehead atoms. The lowest BCUT2D eigenvalue weighted by atomic mass is 9.80. The molecule has 0 saturated heterocycles. The molecule has 0 amide bonds. The molecule has 0 atom stereocenters. The first kappa shape index (κ1) is 17.0. The molecule has 140 valence electrons. The topological polar surface area (TPSA) is 0 Å². The molecule has 1 aliphatic carbocycles. The van der Waals surface area contributed by atoms with E-state index < -0.39 is 0 Å². The summed E-state index contributed by atoms with van der Waals surface area (Å²) >= 11 is 0. The maximum atomic E-state index is 2.36. The summed E-state index contributed by atoms with van der Waals surface area (Å²) in [6.45, 7) is 0. The van der Waals surface area contributed by atoms with E-state index in [0.717, 1.165) is 0 Å². The lowest BCUT2D eigenvalue weighted by Crippen LogP contribution is -1.97. The second-order valence-electron chi connectivity index (χ2n) is 7.76. The number of hydrogen-bond donors (Lipinski definition) is 0. The van der Waals surface area contributed by atoms with Crippen LogP contribution in [0.2, 0.25) is 0 Å². The van der Waals surface area contributed by atoms with E-state index in [1.807, 2.05) is 0 Å². The van der Waals surface area contributed by atoms with Crippen LogP contribution in [0.1, 0.15) is 0 Å². The molecule has 1 aliphatic rings. The molecule has 0 fully saturated rings. The molecular weight excluding hydrogens is 360 g/mol. The third-order valence-electron chi connectivity index (χ3n) is 6.07. The highest BCUT2D eigenvalue weighted by Gasteiger charge is 2.21. The lowest BCUT2D eigenvalue weighted by Gasteiger charge is -2.23. The molecule has 0 N–H and O–H groups in total. The molecule has 0 unspecified atom stereocenters. The predicted molar refractivity (Wildman–Crippen MR) is 127 cm³/mol. The van der Waals surface area contributed by atoms with Crippen molar-refractivity contribution in [1.82, 2.24) is 0 Å². The zero-order valence-electron chi connectivity index (χ0n) is 16.5. The van der Waals surface area contributed by atoms with Gasteiger partial charge in [-0.15, -0.1) is 0 Å². The Kier molecular flexibility index (Phi) is 3.89. The van der Waals surface area contributed by atoms with Crippen LogP contribution < -0.4 is 0 Å². The van der Waals surface area contributed by atoms with Gasteiger partial charge in [0.15, 0.2) is 0 Å². The van der Waals surface area contributed by atoms with E-state index in [1.54, 1.807) is 0 Å². The molecule has 5 aromatic carbocycles. The van der Waals surface area contributed by atoms with Gasteiger partial charge in [0.1, 0.15) is 0 Å². The maximum Gasteiger partial charge on any atom is -0.00928 e. The minimum atomic E-state index is 1.24. The predicted octanol–water partition coefficient (Wildman–Crippen LogP) is 8.34. The summed E-state index contributed by atoms with van der Waals surface area (Å²) in [6, 6.07) is 43.9. The van der Waals surface area contributed by atoms with Gasteiger partial charge < -0.3 is 0 Å². The molecule has 30 heavy (non-hydrogen) atoms. The Hall–Kier alpha value is -3.90. The van der Waals surface area contributed by atoms with Gasteiger partial charge in [0.05, 0.1) is 0 Å². The molecule has 0 aromatic heterocycles. The zero-order chi connectivity index (χ0) is 19.9. The van der Waals surface area contributed by atoms with Crippen molar-refractivity contribution in [3.8, 4) is 55.6 Å². The molecule has 6 rings (SSSR count). The van der Waals surface area contributed by atoms with Crippen molar-refractivity contribution in [2.24, 2.45) is 0 Å². The summed E-state index contributed by atoms with van der Waals surface area (Å²) in [5, 5.41) is 0. The molecule has 0 aliphatic heterocycles. The van der Waals surface area contributed by atoms with Crippen LogP contribution >= 0.6 is 0 Å². The molecule has 0 heteroatoms. The van der Waals surface area contributed by atoms with E-state index in [9.17, 15) is 0 Å². The first-order chi connectivity index (χ1) is 14.9. The van der Waals surface area contributed by atoms with Gasteiger partial charge in [0, 0.05) is 0 Å². The molecular formula is C30H20. The van der Waals surface area contributed by atoms with Gasteiger partial charge in [0.25, 0.3) is 0 Å². The van der Waals surface area contributed by atoms with Crippen molar-refractivity contribution in [3.63, 3.8) is 0 Å². The van der Waals surface area contributed by atoms with Crippen LogP contribution in [0.4, 0.5) is 0 Å². The first-order valence-electron chi connectivity index (χ1n) is 10.4. The minimum Gasteiger partial charge on any atom is -0.0622 e. The average molecular weight is 380 g/mol. The number of fused-ring (bicyclic) bond motifs is 8. The van der Waals surface area contributed by atoms with Crippen molar-refractivity contribution >= 4 is 0 Å². The third kappa shape index (κ3) is 2.62. The molecule has 0 nitrogen and oxygen atoms in total. The zero-order valence-corrected chi connectivity index (χ0v) is 16.5. The van der Waals surface area contributed by atoms with Crippen LogP contribution in [-0.2, 0) is 0 Å². The molecule has 0 radical (unpaired) electrons. The standard InChI is InChI=1S/C30H20/c1-2-10-21(11-3-1)22-18-19-29-27-16-7-6-14-25(27)23-12-4-5-13-24(23)26-15-8-9-17-28(26)30(29)20-22/h1-20H. The maximum absolute atomic E-state index is 2.36. The van der Waals surface area contributed by atoms with E-state index in [2.05, 4.69) is 121 Å². The molecule has 0 heterocycles. The summed E-state index contributed by atoms with van der Waals surface area (Å²) in [6.07, 6.45) is 0. The van der Waals surface area contributed by atoms with Gasteiger partial charge in [-0.1, -0.05) is 115 Å². The van der Waals surface area contributed by atoms with E-state index in [0.29, 0.717) is 0 Å². The van der Waals surface area contributed by atoms with Crippen LogP contribution in [0.3, 0.4) is 0 Å². The summed E-state index contributed by atoms with van der Waals surface area (Å²) in [5.41, 5.74) is 12.8. The van der Waals surface area contributed by atoms with Crippen molar-refractivity contribution in [2.75, 3.05) is 0 Å². The highest BCUT2D eigenvalue weighted by Crippen LogP contribution is 2.48. The van der Waals surface area contributed by atoms with Crippen LogP contribution in [-0.4, -0.2) is 0 Å². The van der Waals surface area contributed by atoms with Gasteiger partial charge in [-0.25, -0.2) is 0 Å². The fourth-order valence-corrected chi connectivity index (χ4v) is 4.67. The highest BCUT2D eigenvalue weighted by atomic mass is 14.2. The van der Waals surface area contributed by atoms with Gasteiger partial charge in [-0.3, -0.25) is 0 Å². The lowest BCUT2D eigenvalue weighted by molar-refractivity contribution is 1.52. The number of benzene rings is 5. The monoisotopic (exact) mass is 380 g/mol. The largest absolute Gasteiger partial charge is 0.0622 e. The Morgan fingerprint density at radius 1 is 0.233 bits per heavy atom. The molecule has 5 aromatic rings. The van der Waals surface area contributed by atoms with Gasteiger partial charge in [-0.2, -0.15) is 0 Å². The summed E-state index contributed by atoms with van der Waals surface area (Å²) < 4.78 is 0. The fourth-order valence-electron chi connectivity index (χ4n) is 4.67. The van der Waals surface area contributed by atoms with Crippen molar-refractivity contribution in [2.45, 2.75) is 0 Å². The van der Waals surface area contributed by atoms with Crippen LogP contribution in [0.15, 0.2) is 121 Å². The second-order valence-corrected chi connectivity index (χ2v) is 7.76. The summed E-state index contributed by atoms with van der Waals surface area (Å²) in [4.78, 5) is 0. The van der Waals surface area contributed by atoms with Crippen LogP contribution in [0.25, 0.3) is 55.6 Å². The van der Waals surface area contributed by atoms with Crippen LogP contribution in [0, 0.1) is 0 Å². The fraction of sp³-hybridized carbons (Fsp3) is 0. The van der Waals surface area contributed by atoms with Gasteiger partial charge >= 0.3 is 0 Å². The normalized spacial score (nSPS) is 11.3. The van der Waals surface area contributed by atoms with Gasteiger partial charge in [-0.05, 0) is 61.7 Å². The third-order valence-corrected chi connectivity index (χ3v) is 6.07. The van der Waals surface area contributed by atoms with Crippen molar-refractivity contribution < 1.29 is 0 Å². The van der Waals surface area contributed by atoms with Crippen LogP contribution in [0.5, 0.6) is 0 Å². The Balaban J connectivity index is 1.73. The number of rotatable bonds is 1. The quantitative estimate of drug-likeness (QED) is 0.269. The Bertz CT molecular complexity index is 1370. The minimum absolute atomic E-state index is 1.24. The van der Waals surface area contributed by atoms with Gasteiger partial charge in [0.2, 0.25) is 0 Å². The van der Waals surface area contributed by atoms with Crippen molar-refractivity contribution in [3.05, 3.63) is 121 Å². The molecule has 0 saturated carbocycles. The second kappa shape index (κ2) is 6.86. The smallest absolute Gasteiger partial charge is 0.00928 e. The molecule has 0 spiro atoms. The van der Waals surface area contributed by atoms with E-state index >= 15 is 0 Å². The highest BCUT2D eigenvalue weighted by molar-refractivity contribution is 6.03. The number of hydrogen-bond acceptors (Lipinski definition) is 0. The SMILES string of the molecule is c1ccc(-c2ccc3c(c2)-c2ccccc2-c2ccccc2-c2ccccc2-3)cc1. The Labute approximate surface area is 177 Å². The first-order valence-corrected chi connectivity index (χ1v) is 10.4. The Morgan fingerprint density at radius 3 is 1.07 bits per heavy atom. The Morgan fingerprint density at radius 2 is 0.600 bits per heavy atom. The van der Waals surface area contributed by atoms with E-state index in [-0.39, 0.29) is 0 Å². The average Bonchev–Trinajstić information content (AvgIpc) is 2.83. The summed E-state index contributed by atoms with van der Waals surface area (Å²) in [5.74, 6) is 0. The van der Waals surface area contributed by atoms with E-state index in [1.165, 1.54) is 55.6 Å². The van der Waals surface area contributed by atoms with Crippen molar-refractivity contribution in [1.29, 1.82) is 0 Å². The summed E-state index contributed by atoms with van der Waals surface area (Å²) in [7, 11) is 0.